The van der Waals surface area contributed by atoms with Gasteiger partial charge in [-0.3, -0.25) is 0 Å². The summed E-state index contributed by atoms with van der Waals surface area (Å²) in [6.07, 6.45) is 3.20. The first kappa shape index (κ1) is 15.8. The van der Waals surface area contributed by atoms with Crippen molar-refractivity contribution in [2.45, 2.75) is 40.8 Å². The number of imidazole rings is 1. The van der Waals surface area contributed by atoms with Crippen molar-refractivity contribution in [2.75, 3.05) is 12.4 Å². The summed E-state index contributed by atoms with van der Waals surface area (Å²) in [4.78, 5) is 23.8. The summed E-state index contributed by atoms with van der Waals surface area (Å²) in [5, 5.41) is 26.5. The zero-order valence-corrected chi connectivity index (χ0v) is 14.7. The number of nitrogens with zero attached hydrogens (tertiary/aromatic N) is 4. The number of aromatic nitrogens is 4. The van der Waals surface area contributed by atoms with Gasteiger partial charge in [-0.05, 0) is 0 Å². The number of rotatable bonds is 4. The summed E-state index contributed by atoms with van der Waals surface area (Å²) in [5.41, 5.74) is 1.24. The van der Waals surface area contributed by atoms with Crippen molar-refractivity contribution < 1.29 is 15.0 Å². The van der Waals surface area contributed by atoms with Gasteiger partial charge in [0, 0.05) is 0 Å². The van der Waals surface area contributed by atoms with Gasteiger partial charge >= 0.3 is 144 Å². The normalized spacial score (nSPS) is 29.8. The molecule has 0 aromatic carbocycles. The SMILES string of the molecule is CNC(=O)[C@@H]1[Se][C@@H](n2cnc3c(NC4CC4)ncnc32)[C@H](O)[C@@H]1O. The Morgan fingerprint density at radius 2 is 2.08 bits per heavy atom. The molecule has 2 fully saturated rings. The predicted octanol–water partition coefficient (Wildman–Crippen LogP) is -1.13. The van der Waals surface area contributed by atoms with E-state index in [2.05, 4.69) is 25.6 Å². The van der Waals surface area contributed by atoms with Crippen molar-refractivity contribution in [3.05, 3.63) is 12.7 Å². The molecular formula is C14H18N6O3Se. The number of nitrogens with one attached hydrogen (secondary N) is 2. The van der Waals surface area contributed by atoms with Gasteiger partial charge < -0.3 is 0 Å². The van der Waals surface area contributed by atoms with Crippen LogP contribution in [0.15, 0.2) is 12.7 Å². The van der Waals surface area contributed by atoms with Crippen LogP contribution in [-0.2, 0) is 4.79 Å². The van der Waals surface area contributed by atoms with Gasteiger partial charge in [-0.15, -0.1) is 0 Å². The first-order valence-corrected chi connectivity index (χ1v) is 9.75. The van der Waals surface area contributed by atoms with E-state index >= 15 is 0 Å². The van der Waals surface area contributed by atoms with Gasteiger partial charge in [0.25, 0.3) is 0 Å². The number of aliphatic hydroxyl groups excluding tert-OH is 2. The molecule has 2 aromatic heterocycles. The van der Waals surface area contributed by atoms with Gasteiger partial charge in [0.15, 0.2) is 0 Å². The fourth-order valence-electron chi connectivity index (χ4n) is 2.81. The number of hydrogen-bond acceptors (Lipinski definition) is 7. The summed E-state index contributed by atoms with van der Waals surface area (Å²) in [7, 11) is 1.53. The standard InChI is InChI=1S/C14H18N6O3Se/c1-15-13(23)10-8(21)9(22)14(24-10)20-5-18-7-11(19-6-2-3-6)16-4-17-12(7)20/h4-6,8-10,14,21-22H,2-3H2,1H3,(H,15,23)(H,16,17,19)/t8-,9+,10+,14+/m0/s1. The third-order valence-corrected chi connectivity index (χ3v) is 7.59. The molecule has 9 nitrogen and oxygen atoms in total. The first-order chi connectivity index (χ1) is 11.6. The molecule has 2 aliphatic rings. The van der Waals surface area contributed by atoms with Crippen LogP contribution in [0.4, 0.5) is 5.82 Å². The summed E-state index contributed by atoms with van der Waals surface area (Å²) in [6, 6.07) is 0.439. The van der Waals surface area contributed by atoms with Crippen molar-refractivity contribution in [3.8, 4) is 0 Å². The van der Waals surface area contributed by atoms with E-state index in [0.29, 0.717) is 23.0 Å². The molecule has 0 spiro atoms. The van der Waals surface area contributed by atoms with Gasteiger partial charge in [0.1, 0.15) is 0 Å². The van der Waals surface area contributed by atoms with Gasteiger partial charge in [-0.25, -0.2) is 0 Å². The zero-order chi connectivity index (χ0) is 16.8. The predicted molar refractivity (Wildman–Crippen MR) is 86.6 cm³/mol. The second-order valence-corrected chi connectivity index (χ2v) is 8.66. The molecule has 4 rings (SSSR count). The van der Waals surface area contributed by atoms with E-state index in [4.69, 9.17) is 0 Å². The van der Waals surface area contributed by atoms with Crippen LogP contribution in [-0.4, -0.2) is 75.9 Å². The second-order valence-electron chi connectivity index (χ2n) is 6.01. The molecule has 4 N–H and O–H groups in total. The third-order valence-electron chi connectivity index (χ3n) is 4.29. The first-order valence-electron chi connectivity index (χ1n) is 7.77. The van der Waals surface area contributed by atoms with Crippen molar-refractivity contribution in [2.24, 2.45) is 0 Å². The monoisotopic (exact) mass is 398 g/mol. The van der Waals surface area contributed by atoms with Crippen LogP contribution in [0.5, 0.6) is 0 Å². The van der Waals surface area contributed by atoms with Crippen LogP contribution in [0.1, 0.15) is 17.8 Å². The number of carbonyl (C=O) groups excluding carboxylic acids is 1. The maximum atomic E-state index is 11.9. The number of amides is 1. The Labute approximate surface area is 144 Å². The summed E-state index contributed by atoms with van der Waals surface area (Å²) < 4.78 is 1.76. The average Bonchev–Trinajstić information content (AvgIpc) is 3.23. The zero-order valence-electron chi connectivity index (χ0n) is 13.0. The molecule has 24 heavy (non-hydrogen) atoms. The summed E-state index contributed by atoms with van der Waals surface area (Å²) in [5.74, 6) is 0.434. The quantitative estimate of drug-likeness (QED) is 0.482. The topological polar surface area (TPSA) is 125 Å². The molecule has 4 atom stereocenters. The Hall–Kier alpha value is -1.74. The Kier molecular flexibility index (Phi) is 3.92. The van der Waals surface area contributed by atoms with Crippen LogP contribution in [0.25, 0.3) is 11.2 Å². The van der Waals surface area contributed by atoms with Crippen LogP contribution in [0.2, 0.25) is 4.82 Å². The molecule has 1 amide bonds. The molecule has 128 valence electrons. The van der Waals surface area contributed by atoms with E-state index in [9.17, 15) is 15.0 Å². The Balaban J connectivity index is 1.68. The molecule has 2 aromatic rings. The minimum atomic E-state index is -1.08. The summed E-state index contributed by atoms with van der Waals surface area (Å²) in [6.45, 7) is 0. The Morgan fingerprint density at radius 3 is 2.79 bits per heavy atom. The van der Waals surface area contributed by atoms with Crippen molar-refractivity contribution in [3.63, 3.8) is 0 Å². The molecule has 0 unspecified atom stereocenters. The molecule has 0 radical (unpaired) electrons. The average molecular weight is 397 g/mol. The molecule has 1 saturated carbocycles. The number of carbonyl (C=O) groups is 1. The van der Waals surface area contributed by atoms with E-state index in [0.717, 1.165) is 12.8 Å². The number of aliphatic hydroxyl groups is 2. The maximum absolute atomic E-state index is 11.9. The fourth-order valence-corrected chi connectivity index (χ4v) is 5.90. The number of anilines is 1. The molecule has 1 saturated heterocycles. The minimum absolute atomic E-state index is 0.251. The van der Waals surface area contributed by atoms with Crippen LogP contribution in [0, 0.1) is 0 Å². The van der Waals surface area contributed by atoms with Gasteiger partial charge in [0.05, 0.1) is 0 Å². The van der Waals surface area contributed by atoms with Crippen LogP contribution < -0.4 is 10.6 Å². The molecule has 3 heterocycles. The molecule has 1 aliphatic heterocycles. The van der Waals surface area contributed by atoms with Crippen molar-refractivity contribution in [1.29, 1.82) is 0 Å². The van der Waals surface area contributed by atoms with Gasteiger partial charge in [-0.1, -0.05) is 0 Å². The van der Waals surface area contributed by atoms with E-state index < -0.39 is 22.0 Å². The van der Waals surface area contributed by atoms with Gasteiger partial charge in [-0.2, -0.15) is 0 Å². The summed E-state index contributed by atoms with van der Waals surface area (Å²) >= 11 is -0.332. The van der Waals surface area contributed by atoms with Crippen LogP contribution in [0.3, 0.4) is 0 Å². The Morgan fingerprint density at radius 1 is 1.29 bits per heavy atom. The molecule has 10 heteroatoms. The second kappa shape index (κ2) is 5.96. The number of fused-ring (bicyclic) bond motifs is 1. The van der Waals surface area contributed by atoms with Crippen molar-refractivity contribution >= 4 is 37.8 Å². The van der Waals surface area contributed by atoms with Crippen molar-refractivity contribution in [1.82, 2.24) is 24.8 Å². The van der Waals surface area contributed by atoms with Gasteiger partial charge in [0.2, 0.25) is 0 Å². The van der Waals surface area contributed by atoms with E-state index in [1.165, 1.54) is 13.4 Å². The molecule has 1 aliphatic carbocycles. The third kappa shape index (κ3) is 2.55. The fraction of sp³-hybridized carbons (Fsp3) is 0.571. The van der Waals surface area contributed by atoms with Crippen LogP contribution >= 0.6 is 0 Å². The van der Waals surface area contributed by atoms with E-state index in [1.54, 1.807) is 10.9 Å². The molecular weight excluding hydrogens is 379 g/mol. The van der Waals surface area contributed by atoms with E-state index in [-0.39, 0.29) is 20.9 Å². The number of hydrogen-bond donors (Lipinski definition) is 4. The molecule has 0 bridgehead atoms. The Bertz CT molecular complexity index is 779. The van der Waals surface area contributed by atoms with E-state index in [1.807, 2.05) is 0 Å².